The molecule has 0 fully saturated rings. The van der Waals surface area contributed by atoms with E-state index >= 15 is 0 Å². The molecule has 0 aromatic heterocycles. The van der Waals surface area contributed by atoms with Gasteiger partial charge in [-0.2, -0.15) is 8.42 Å². The molecule has 0 unspecified atom stereocenters. The number of phenolic OH excluding ortho intramolecular Hbond substituents is 1. The van der Waals surface area contributed by atoms with E-state index in [1.165, 1.54) is 0 Å². The molecule has 1 rings (SSSR count). The van der Waals surface area contributed by atoms with Crippen molar-refractivity contribution in [3.8, 4) is 5.75 Å². The van der Waals surface area contributed by atoms with Crippen LogP contribution in [-0.2, 0) is 14.3 Å². The van der Waals surface area contributed by atoms with Crippen molar-refractivity contribution in [2.24, 2.45) is 0 Å². The average molecular weight is 264 g/mol. The molecule has 0 heterocycles. The van der Waals surface area contributed by atoms with Gasteiger partial charge in [0.2, 0.25) is 0 Å². The van der Waals surface area contributed by atoms with Gasteiger partial charge in [0.05, 0.1) is 13.4 Å². The molecule has 1 aromatic rings. The highest BCUT2D eigenvalue weighted by molar-refractivity contribution is 7.85. The first-order valence-corrected chi connectivity index (χ1v) is 7.27. The van der Waals surface area contributed by atoms with Crippen molar-refractivity contribution in [3.05, 3.63) is 30.3 Å². The molecular weight excluding hydrogens is 240 g/mol. The van der Waals surface area contributed by atoms with Gasteiger partial charge in [-0.3, -0.25) is 4.18 Å². The van der Waals surface area contributed by atoms with Crippen LogP contribution in [0, 0.1) is 0 Å². The second-order valence-corrected chi connectivity index (χ2v) is 3.95. The number of rotatable bonds is 1. The third kappa shape index (κ3) is 25.3. The molecule has 0 saturated carbocycles. The van der Waals surface area contributed by atoms with Gasteiger partial charge >= 0.3 is 0 Å². The molecule has 102 valence electrons. The maximum atomic E-state index is 9.78. The zero-order valence-corrected chi connectivity index (χ0v) is 12.3. The zero-order chi connectivity index (χ0) is 14.3. The Balaban J connectivity index is -0.000000180. The first-order chi connectivity index (χ1) is 7.95. The summed E-state index contributed by atoms with van der Waals surface area (Å²) < 4.78 is 23.5. The second-order valence-electron chi connectivity index (χ2n) is 2.21. The Hall–Kier alpha value is -1.07. The van der Waals surface area contributed by atoms with Gasteiger partial charge in [0.1, 0.15) is 5.75 Å². The fraction of sp³-hybridized carbons (Fsp3) is 0.500. The van der Waals surface area contributed by atoms with E-state index in [1.807, 2.05) is 33.8 Å². The Kier molecular flexibility index (Phi) is 18.7. The van der Waals surface area contributed by atoms with Crippen molar-refractivity contribution in [1.82, 2.24) is 0 Å². The summed E-state index contributed by atoms with van der Waals surface area (Å²) in [5.41, 5.74) is 0. The van der Waals surface area contributed by atoms with Crippen molar-refractivity contribution in [1.29, 1.82) is 0 Å². The molecule has 5 heteroatoms. The van der Waals surface area contributed by atoms with Gasteiger partial charge in [-0.05, 0) is 12.1 Å². The third-order valence-corrected chi connectivity index (χ3v) is 1.66. The lowest BCUT2D eigenvalue weighted by molar-refractivity contribution is 0.403. The van der Waals surface area contributed by atoms with Gasteiger partial charge in [-0.25, -0.2) is 0 Å². The van der Waals surface area contributed by atoms with Crippen LogP contribution < -0.4 is 0 Å². The summed E-state index contributed by atoms with van der Waals surface area (Å²) in [4.78, 5) is 0. The minimum absolute atomic E-state index is 0.322. The van der Waals surface area contributed by atoms with Crippen LogP contribution >= 0.6 is 0 Å². The van der Waals surface area contributed by atoms with E-state index in [9.17, 15) is 8.42 Å². The van der Waals surface area contributed by atoms with Crippen LogP contribution in [0.4, 0.5) is 0 Å². The lowest BCUT2D eigenvalue weighted by Crippen LogP contribution is -1.95. The number of phenols is 1. The summed E-state index contributed by atoms with van der Waals surface area (Å²) in [6.07, 6.45) is 0.993. The number of benzene rings is 1. The molecule has 0 aliphatic carbocycles. The van der Waals surface area contributed by atoms with Crippen molar-refractivity contribution in [2.75, 3.05) is 13.4 Å². The summed E-state index contributed by atoms with van der Waals surface area (Å²) in [6.45, 7) is 8.00. The lowest BCUT2D eigenvalue weighted by Gasteiger charge is -1.84. The Morgan fingerprint density at radius 1 is 1.00 bits per heavy atom. The van der Waals surface area contributed by atoms with E-state index in [1.54, 1.807) is 24.3 Å². The summed E-state index contributed by atoms with van der Waals surface area (Å²) in [5.74, 6) is 0.322. The smallest absolute Gasteiger partial charge is 0.264 e. The molecule has 17 heavy (non-hydrogen) atoms. The fourth-order valence-corrected chi connectivity index (χ4v) is 0.428. The predicted octanol–water partition coefficient (Wildman–Crippen LogP) is 3.04. The maximum absolute atomic E-state index is 9.78. The highest BCUT2D eigenvalue weighted by Crippen LogP contribution is 2.02. The monoisotopic (exact) mass is 264 g/mol. The van der Waals surface area contributed by atoms with Crippen LogP contribution in [0.3, 0.4) is 0 Å². The van der Waals surface area contributed by atoms with Crippen molar-refractivity contribution < 1.29 is 17.7 Å². The molecular formula is C12H24O4S. The van der Waals surface area contributed by atoms with Crippen LogP contribution in [0.5, 0.6) is 5.75 Å². The van der Waals surface area contributed by atoms with E-state index in [0.717, 1.165) is 13.4 Å². The summed E-state index contributed by atoms with van der Waals surface area (Å²) in [6, 6.07) is 8.71. The average Bonchev–Trinajstić information content (AvgIpc) is 2.35. The van der Waals surface area contributed by atoms with Crippen molar-refractivity contribution in [2.45, 2.75) is 27.7 Å². The van der Waals surface area contributed by atoms with E-state index in [4.69, 9.17) is 5.11 Å². The van der Waals surface area contributed by atoms with Gasteiger partial charge in [-0.15, -0.1) is 0 Å². The molecule has 0 bridgehead atoms. The van der Waals surface area contributed by atoms with Crippen LogP contribution in [0.1, 0.15) is 27.7 Å². The first-order valence-electron chi connectivity index (χ1n) is 5.45. The SMILES string of the molecule is CC.CC.COS(C)(=O)=O.Oc1ccccc1. The molecule has 1 N–H and O–H groups in total. The fourth-order valence-electron chi connectivity index (χ4n) is 0.428. The first kappa shape index (κ1) is 21.2. The summed E-state index contributed by atoms with van der Waals surface area (Å²) >= 11 is 0. The van der Waals surface area contributed by atoms with E-state index in [2.05, 4.69) is 4.18 Å². The van der Waals surface area contributed by atoms with Gasteiger partial charge in [0, 0.05) is 0 Å². The molecule has 0 saturated heterocycles. The third-order valence-electron chi connectivity index (χ3n) is 1.06. The molecule has 0 radical (unpaired) electrons. The van der Waals surface area contributed by atoms with E-state index in [0.29, 0.717) is 5.75 Å². The van der Waals surface area contributed by atoms with Crippen molar-refractivity contribution in [3.63, 3.8) is 0 Å². The van der Waals surface area contributed by atoms with Gasteiger partial charge < -0.3 is 5.11 Å². The van der Waals surface area contributed by atoms with Crippen molar-refractivity contribution >= 4 is 10.1 Å². The number of aromatic hydroxyl groups is 1. The predicted molar refractivity (Wildman–Crippen MR) is 72.7 cm³/mol. The topological polar surface area (TPSA) is 63.6 Å². The maximum Gasteiger partial charge on any atom is 0.264 e. The molecule has 0 amide bonds. The molecule has 0 aliphatic rings. The van der Waals surface area contributed by atoms with Gasteiger partial charge in [0.15, 0.2) is 0 Å². The molecule has 0 atom stereocenters. The number of para-hydroxylation sites is 1. The molecule has 1 aromatic carbocycles. The Morgan fingerprint density at radius 2 is 1.29 bits per heavy atom. The molecule has 4 nitrogen and oxygen atoms in total. The van der Waals surface area contributed by atoms with Crippen LogP contribution in [0.2, 0.25) is 0 Å². The zero-order valence-electron chi connectivity index (χ0n) is 11.5. The highest BCUT2D eigenvalue weighted by Gasteiger charge is 1.90. The van der Waals surface area contributed by atoms with Gasteiger partial charge in [0.25, 0.3) is 10.1 Å². The number of hydrogen-bond acceptors (Lipinski definition) is 4. The van der Waals surface area contributed by atoms with E-state index < -0.39 is 10.1 Å². The quantitative estimate of drug-likeness (QED) is 0.792. The molecule has 0 aliphatic heterocycles. The largest absolute Gasteiger partial charge is 0.508 e. The van der Waals surface area contributed by atoms with E-state index in [-0.39, 0.29) is 0 Å². The summed E-state index contributed by atoms with van der Waals surface area (Å²) in [7, 11) is -2.04. The van der Waals surface area contributed by atoms with Crippen LogP contribution in [0.25, 0.3) is 0 Å². The van der Waals surface area contributed by atoms with Crippen LogP contribution in [-0.4, -0.2) is 26.9 Å². The number of hydrogen-bond donors (Lipinski definition) is 1. The molecule has 0 spiro atoms. The Labute approximate surface area is 105 Å². The standard InChI is InChI=1S/C6H6O.C2H6O3S.2C2H6/c7-6-4-2-1-3-5-6;1-5-6(2,3)4;2*1-2/h1-5,7H;1-2H3;2*1-2H3. The van der Waals surface area contributed by atoms with Gasteiger partial charge in [-0.1, -0.05) is 45.9 Å². The minimum atomic E-state index is -3.16. The minimum Gasteiger partial charge on any atom is -0.508 e. The Bertz CT molecular complexity index is 320. The lowest BCUT2D eigenvalue weighted by atomic mass is 10.3. The second kappa shape index (κ2) is 14.9. The van der Waals surface area contributed by atoms with Crippen LogP contribution in [0.15, 0.2) is 30.3 Å². The Morgan fingerprint density at radius 3 is 1.41 bits per heavy atom. The summed E-state index contributed by atoms with van der Waals surface area (Å²) in [5, 5.41) is 8.63. The highest BCUT2D eigenvalue weighted by atomic mass is 32.2. The normalized spacial score (nSPS) is 8.35.